The number of rotatable bonds is 5. The summed E-state index contributed by atoms with van der Waals surface area (Å²) >= 11 is 1.61. The van der Waals surface area contributed by atoms with Crippen molar-refractivity contribution in [2.24, 2.45) is 0 Å². The van der Waals surface area contributed by atoms with Gasteiger partial charge in [-0.05, 0) is 46.7 Å². The Kier molecular flexibility index (Phi) is 5.03. The predicted molar refractivity (Wildman–Crippen MR) is 119 cm³/mol. The van der Waals surface area contributed by atoms with Crippen molar-refractivity contribution in [3.63, 3.8) is 0 Å². The van der Waals surface area contributed by atoms with E-state index in [1.165, 1.54) is 11.1 Å². The van der Waals surface area contributed by atoms with E-state index in [9.17, 15) is 4.79 Å². The maximum absolute atomic E-state index is 12.4. The van der Waals surface area contributed by atoms with Crippen molar-refractivity contribution in [1.82, 2.24) is 20.5 Å². The van der Waals surface area contributed by atoms with Crippen LogP contribution in [-0.2, 0) is 19.5 Å². The number of hydrogen-bond donors (Lipinski definition) is 2. The molecule has 0 unspecified atom stereocenters. The summed E-state index contributed by atoms with van der Waals surface area (Å²) in [5, 5.41) is 12.0. The van der Waals surface area contributed by atoms with Crippen LogP contribution in [0.15, 0.2) is 66.2 Å². The molecule has 6 nitrogen and oxygen atoms in total. The molecule has 3 aromatic heterocycles. The van der Waals surface area contributed by atoms with Crippen LogP contribution >= 0.6 is 11.3 Å². The average Bonchev–Trinajstić information content (AvgIpc) is 3.49. The fourth-order valence-electron chi connectivity index (χ4n) is 3.67. The van der Waals surface area contributed by atoms with Crippen LogP contribution in [0, 0.1) is 0 Å². The number of thiophene rings is 1. The molecule has 0 saturated heterocycles. The van der Waals surface area contributed by atoms with Crippen LogP contribution in [0.2, 0.25) is 0 Å². The minimum atomic E-state index is -0.203. The second-order valence-corrected chi connectivity index (χ2v) is 8.24. The zero-order valence-corrected chi connectivity index (χ0v) is 17.2. The van der Waals surface area contributed by atoms with Gasteiger partial charge in [0.15, 0.2) is 5.69 Å². The van der Waals surface area contributed by atoms with Crippen LogP contribution in [0.5, 0.6) is 0 Å². The summed E-state index contributed by atoms with van der Waals surface area (Å²) in [4.78, 5) is 20.4. The molecule has 4 aromatic rings. The molecule has 0 fully saturated rings. The number of pyridine rings is 1. The second-order valence-electron chi connectivity index (χ2n) is 7.29. The molecule has 5 rings (SSSR count). The Labute approximate surface area is 178 Å². The fraction of sp³-hybridized carbons (Fsp3) is 0.174. The van der Waals surface area contributed by atoms with Gasteiger partial charge in [-0.1, -0.05) is 36.4 Å². The van der Waals surface area contributed by atoms with Crippen LogP contribution in [-0.4, -0.2) is 27.6 Å². The third-order valence-corrected chi connectivity index (χ3v) is 6.22. The lowest BCUT2D eigenvalue weighted by Crippen LogP contribution is -2.31. The molecule has 4 heterocycles. The third-order valence-electron chi connectivity index (χ3n) is 5.31. The number of fused-ring (bicyclic) bond motifs is 1. The Balaban J connectivity index is 1.19. The highest BCUT2D eigenvalue weighted by atomic mass is 32.1. The number of carbonyl (C=O) groups excluding carboxylic acids is 1. The van der Waals surface area contributed by atoms with Crippen molar-refractivity contribution in [1.29, 1.82) is 0 Å². The standard InChI is InChI=1S/C23H21N5OS/c29-23(20-12-19(26-27-20)21-6-3-11-30-21)25-14-16-7-8-22(24-13-16)28-10-9-17-4-1-2-5-18(17)15-28/h1-8,11-13H,9-10,14-15H2,(H,25,29)(H,26,27). The summed E-state index contributed by atoms with van der Waals surface area (Å²) in [6.07, 6.45) is 2.87. The number of aromatic amines is 1. The molecule has 0 saturated carbocycles. The Morgan fingerprint density at radius 2 is 2.03 bits per heavy atom. The molecule has 0 bridgehead atoms. The normalized spacial score (nSPS) is 13.1. The van der Waals surface area contributed by atoms with Crippen molar-refractivity contribution >= 4 is 23.1 Å². The van der Waals surface area contributed by atoms with E-state index in [1.807, 2.05) is 35.8 Å². The van der Waals surface area contributed by atoms with Gasteiger partial charge < -0.3 is 10.2 Å². The van der Waals surface area contributed by atoms with Gasteiger partial charge in [0, 0.05) is 25.8 Å². The Morgan fingerprint density at radius 1 is 1.13 bits per heavy atom. The number of benzene rings is 1. The van der Waals surface area contributed by atoms with Crippen molar-refractivity contribution in [2.45, 2.75) is 19.5 Å². The largest absolute Gasteiger partial charge is 0.352 e. The lowest BCUT2D eigenvalue weighted by molar-refractivity contribution is 0.0946. The lowest BCUT2D eigenvalue weighted by Gasteiger charge is -2.29. The van der Waals surface area contributed by atoms with Gasteiger partial charge in [0.05, 0.1) is 10.6 Å². The van der Waals surface area contributed by atoms with E-state index in [-0.39, 0.29) is 5.91 Å². The van der Waals surface area contributed by atoms with E-state index in [2.05, 4.69) is 49.7 Å². The van der Waals surface area contributed by atoms with Crippen molar-refractivity contribution in [3.05, 3.63) is 88.6 Å². The smallest absolute Gasteiger partial charge is 0.272 e. The first kappa shape index (κ1) is 18.6. The average molecular weight is 416 g/mol. The zero-order chi connectivity index (χ0) is 20.3. The number of amides is 1. The molecule has 0 spiro atoms. The van der Waals surface area contributed by atoms with E-state index in [4.69, 9.17) is 0 Å². The van der Waals surface area contributed by atoms with Crippen LogP contribution in [0.25, 0.3) is 10.6 Å². The molecule has 0 radical (unpaired) electrons. The summed E-state index contributed by atoms with van der Waals surface area (Å²) in [7, 11) is 0. The molecule has 0 atom stereocenters. The summed E-state index contributed by atoms with van der Waals surface area (Å²) in [5.41, 5.74) is 4.98. The first-order valence-electron chi connectivity index (χ1n) is 9.90. The molecule has 1 aromatic carbocycles. The van der Waals surface area contributed by atoms with Gasteiger partial charge in [-0.25, -0.2) is 4.98 Å². The Bertz CT molecular complexity index is 1150. The van der Waals surface area contributed by atoms with Gasteiger partial charge in [-0.3, -0.25) is 9.89 Å². The summed E-state index contributed by atoms with van der Waals surface area (Å²) in [5.74, 6) is 0.762. The first-order chi connectivity index (χ1) is 14.8. The highest BCUT2D eigenvalue weighted by Crippen LogP contribution is 2.24. The maximum atomic E-state index is 12.4. The SMILES string of the molecule is O=C(NCc1ccc(N2CCc3ccccc3C2)nc1)c1cc(-c2cccs2)[nH]n1. The van der Waals surface area contributed by atoms with Gasteiger partial charge in [-0.2, -0.15) is 5.10 Å². The minimum absolute atomic E-state index is 0.203. The topological polar surface area (TPSA) is 73.9 Å². The van der Waals surface area contributed by atoms with E-state index in [0.717, 1.165) is 41.5 Å². The van der Waals surface area contributed by atoms with Crippen molar-refractivity contribution < 1.29 is 4.79 Å². The van der Waals surface area contributed by atoms with E-state index in [0.29, 0.717) is 12.2 Å². The second kappa shape index (κ2) is 8.12. The fourth-order valence-corrected chi connectivity index (χ4v) is 4.36. The third kappa shape index (κ3) is 3.84. The van der Waals surface area contributed by atoms with Crippen LogP contribution < -0.4 is 10.2 Å². The van der Waals surface area contributed by atoms with E-state index < -0.39 is 0 Å². The van der Waals surface area contributed by atoms with Gasteiger partial charge in [0.1, 0.15) is 5.82 Å². The van der Waals surface area contributed by atoms with Crippen molar-refractivity contribution in [2.75, 3.05) is 11.4 Å². The number of anilines is 1. The van der Waals surface area contributed by atoms with Gasteiger partial charge >= 0.3 is 0 Å². The molecule has 2 N–H and O–H groups in total. The number of H-pyrrole nitrogens is 1. The van der Waals surface area contributed by atoms with Crippen LogP contribution in [0.4, 0.5) is 5.82 Å². The Morgan fingerprint density at radius 3 is 2.83 bits per heavy atom. The molecule has 1 amide bonds. The van der Waals surface area contributed by atoms with Gasteiger partial charge in [-0.15, -0.1) is 11.3 Å². The maximum Gasteiger partial charge on any atom is 0.272 e. The molecule has 1 aliphatic heterocycles. The van der Waals surface area contributed by atoms with Gasteiger partial charge in [0.2, 0.25) is 0 Å². The quantitative estimate of drug-likeness (QED) is 0.516. The summed E-state index contributed by atoms with van der Waals surface area (Å²) in [6.45, 7) is 2.26. The number of aromatic nitrogens is 3. The molecule has 1 aliphatic rings. The molecule has 7 heteroatoms. The minimum Gasteiger partial charge on any atom is -0.352 e. The van der Waals surface area contributed by atoms with E-state index >= 15 is 0 Å². The molecule has 150 valence electrons. The van der Waals surface area contributed by atoms with Crippen LogP contribution in [0.1, 0.15) is 27.2 Å². The predicted octanol–water partition coefficient (Wildman–Crippen LogP) is 4.03. The van der Waals surface area contributed by atoms with Gasteiger partial charge in [0.25, 0.3) is 5.91 Å². The number of nitrogens with one attached hydrogen (secondary N) is 2. The summed E-state index contributed by atoms with van der Waals surface area (Å²) < 4.78 is 0. The highest BCUT2D eigenvalue weighted by Gasteiger charge is 2.17. The number of hydrogen-bond acceptors (Lipinski definition) is 5. The van der Waals surface area contributed by atoms with Crippen molar-refractivity contribution in [3.8, 4) is 10.6 Å². The molecular weight excluding hydrogens is 394 g/mol. The molecular formula is C23H21N5OS. The number of carbonyl (C=O) groups is 1. The first-order valence-corrected chi connectivity index (χ1v) is 10.8. The summed E-state index contributed by atoms with van der Waals surface area (Å²) in [6, 6.07) is 18.4. The molecule has 30 heavy (non-hydrogen) atoms. The Hall–Kier alpha value is -3.45. The molecule has 0 aliphatic carbocycles. The highest BCUT2D eigenvalue weighted by molar-refractivity contribution is 7.13. The van der Waals surface area contributed by atoms with E-state index in [1.54, 1.807) is 17.4 Å². The monoisotopic (exact) mass is 415 g/mol. The lowest BCUT2D eigenvalue weighted by atomic mass is 10.00. The zero-order valence-electron chi connectivity index (χ0n) is 16.3. The van der Waals surface area contributed by atoms with Crippen LogP contribution in [0.3, 0.4) is 0 Å². The number of nitrogens with zero attached hydrogens (tertiary/aromatic N) is 3.